The van der Waals surface area contributed by atoms with Gasteiger partial charge in [0.25, 0.3) is 0 Å². The molecule has 1 aromatic rings. The maximum Gasteiger partial charge on any atom is 0.153 e. The highest BCUT2D eigenvalue weighted by molar-refractivity contribution is 14.1. The lowest BCUT2D eigenvalue weighted by Gasteiger charge is -1.98. The highest BCUT2D eigenvalue weighted by atomic mass is 127. The van der Waals surface area contributed by atoms with E-state index >= 15 is 0 Å². The fourth-order valence-corrected chi connectivity index (χ4v) is 1.14. The molecule has 0 bridgehead atoms. The Kier molecular flexibility index (Phi) is 2.43. The molecule has 58 valence electrons. The molecule has 0 heterocycles. The van der Waals surface area contributed by atoms with Crippen molar-refractivity contribution in [1.82, 2.24) is 0 Å². The molecule has 0 amide bonds. The molecule has 0 fully saturated rings. The number of phenols is 1. The van der Waals surface area contributed by atoms with Crippen molar-refractivity contribution in [2.24, 2.45) is 0 Å². The van der Waals surface area contributed by atoms with Crippen LogP contribution in [0.4, 0.5) is 4.39 Å². The van der Waals surface area contributed by atoms with Crippen molar-refractivity contribution < 1.29 is 14.3 Å². The highest BCUT2D eigenvalue weighted by Gasteiger charge is 2.05. The Morgan fingerprint density at radius 2 is 2.18 bits per heavy atom. The van der Waals surface area contributed by atoms with Crippen molar-refractivity contribution in [3.8, 4) is 5.75 Å². The Morgan fingerprint density at radius 3 is 2.73 bits per heavy atom. The molecule has 2 nitrogen and oxygen atoms in total. The molecular formula is C7H4FIO2. The SMILES string of the molecule is O=Cc1cc(I)c(F)cc1O. The van der Waals surface area contributed by atoms with Crippen LogP contribution in [0, 0.1) is 9.39 Å². The highest BCUT2D eigenvalue weighted by Crippen LogP contribution is 2.20. The second kappa shape index (κ2) is 3.17. The smallest absolute Gasteiger partial charge is 0.153 e. The summed E-state index contributed by atoms with van der Waals surface area (Å²) < 4.78 is 12.9. The van der Waals surface area contributed by atoms with Gasteiger partial charge in [-0.15, -0.1) is 0 Å². The Balaban J connectivity index is 3.31. The lowest BCUT2D eigenvalue weighted by molar-refractivity contribution is 0.112. The van der Waals surface area contributed by atoms with Crippen LogP contribution < -0.4 is 0 Å². The molecule has 11 heavy (non-hydrogen) atoms. The van der Waals surface area contributed by atoms with Crippen molar-refractivity contribution in [3.05, 3.63) is 27.1 Å². The molecular weight excluding hydrogens is 262 g/mol. The van der Waals surface area contributed by atoms with Crippen LogP contribution in [-0.4, -0.2) is 11.4 Å². The van der Waals surface area contributed by atoms with Gasteiger partial charge in [-0.05, 0) is 28.7 Å². The van der Waals surface area contributed by atoms with E-state index in [4.69, 9.17) is 5.11 Å². The average Bonchev–Trinajstić information content (AvgIpc) is 1.97. The third-order valence-electron chi connectivity index (χ3n) is 1.20. The van der Waals surface area contributed by atoms with Crippen molar-refractivity contribution in [3.63, 3.8) is 0 Å². The zero-order valence-electron chi connectivity index (χ0n) is 5.34. The molecule has 0 radical (unpaired) electrons. The van der Waals surface area contributed by atoms with Crippen LogP contribution in [0.25, 0.3) is 0 Å². The van der Waals surface area contributed by atoms with Gasteiger partial charge in [-0.3, -0.25) is 4.79 Å². The molecule has 0 atom stereocenters. The van der Waals surface area contributed by atoms with Crippen LogP contribution in [0.15, 0.2) is 12.1 Å². The molecule has 1 N–H and O–H groups in total. The van der Waals surface area contributed by atoms with Crippen LogP contribution in [0.5, 0.6) is 5.75 Å². The minimum absolute atomic E-state index is 0.107. The van der Waals surface area contributed by atoms with Crippen molar-refractivity contribution in [1.29, 1.82) is 0 Å². The molecule has 0 aliphatic carbocycles. The summed E-state index contributed by atoms with van der Waals surface area (Å²) in [6.07, 6.45) is 0.483. The third-order valence-corrected chi connectivity index (χ3v) is 2.02. The second-order valence-corrected chi connectivity index (χ2v) is 3.11. The van der Waals surface area contributed by atoms with Gasteiger partial charge >= 0.3 is 0 Å². The number of carbonyl (C=O) groups is 1. The van der Waals surface area contributed by atoms with E-state index in [2.05, 4.69) is 0 Å². The first-order valence-corrected chi connectivity index (χ1v) is 3.86. The first-order valence-electron chi connectivity index (χ1n) is 2.78. The lowest BCUT2D eigenvalue weighted by Crippen LogP contribution is -1.87. The van der Waals surface area contributed by atoms with E-state index in [1.807, 2.05) is 0 Å². The summed E-state index contributed by atoms with van der Waals surface area (Å²) in [6, 6.07) is 2.21. The number of hydrogen-bond acceptors (Lipinski definition) is 2. The van der Waals surface area contributed by atoms with Gasteiger partial charge in [0, 0.05) is 9.64 Å². The van der Waals surface area contributed by atoms with Gasteiger partial charge in [0.15, 0.2) is 6.29 Å². The Hall–Kier alpha value is -0.650. The molecule has 0 saturated carbocycles. The number of carbonyl (C=O) groups excluding carboxylic acids is 1. The Bertz CT molecular complexity index is 299. The van der Waals surface area contributed by atoms with Crippen molar-refractivity contribution >= 4 is 28.9 Å². The van der Waals surface area contributed by atoms with E-state index in [-0.39, 0.29) is 11.3 Å². The first-order chi connectivity index (χ1) is 5.15. The Labute approximate surface area is 76.2 Å². The number of halogens is 2. The second-order valence-electron chi connectivity index (χ2n) is 1.94. The first kappa shape index (κ1) is 8.45. The number of rotatable bonds is 1. The van der Waals surface area contributed by atoms with Crippen molar-refractivity contribution in [2.45, 2.75) is 0 Å². The van der Waals surface area contributed by atoms with E-state index < -0.39 is 5.82 Å². The number of benzene rings is 1. The topological polar surface area (TPSA) is 37.3 Å². The van der Waals surface area contributed by atoms with E-state index in [1.165, 1.54) is 6.07 Å². The van der Waals surface area contributed by atoms with Crippen LogP contribution in [-0.2, 0) is 0 Å². The number of aromatic hydroxyl groups is 1. The van der Waals surface area contributed by atoms with Crippen LogP contribution in [0.1, 0.15) is 10.4 Å². The molecule has 1 rings (SSSR count). The maximum absolute atomic E-state index is 12.6. The predicted octanol–water partition coefficient (Wildman–Crippen LogP) is 1.95. The number of aldehydes is 1. The standard InChI is InChI=1S/C7H4FIO2/c8-5-2-7(11)4(3-10)1-6(5)9/h1-3,11H. The molecule has 4 heteroatoms. The lowest BCUT2D eigenvalue weighted by atomic mass is 10.2. The molecule has 0 saturated heterocycles. The summed E-state index contributed by atoms with van der Waals surface area (Å²) in [5.41, 5.74) is 0.107. The van der Waals surface area contributed by atoms with Gasteiger partial charge in [0.05, 0.1) is 5.56 Å². The zero-order valence-corrected chi connectivity index (χ0v) is 7.50. The van der Waals surface area contributed by atoms with Gasteiger partial charge in [-0.2, -0.15) is 0 Å². The summed E-state index contributed by atoms with van der Waals surface area (Å²) in [7, 11) is 0. The largest absolute Gasteiger partial charge is 0.507 e. The number of phenolic OH excluding ortho intramolecular Hbond substituents is 1. The van der Waals surface area contributed by atoms with E-state index in [0.717, 1.165) is 6.07 Å². The molecule has 0 unspecified atom stereocenters. The molecule has 0 spiro atoms. The summed E-state index contributed by atoms with van der Waals surface area (Å²) >= 11 is 1.74. The summed E-state index contributed by atoms with van der Waals surface area (Å²) in [6.45, 7) is 0. The number of hydrogen-bond donors (Lipinski definition) is 1. The predicted molar refractivity (Wildman–Crippen MR) is 46.2 cm³/mol. The summed E-state index contributed by atoms with van der Waals surface area (Å²) in [4.78, 5) is 10.2. The average molecular weight is 266 g/mol. The Morgan fingerprint density at radius 1 is 1.55 bits per heavy atom. The van der Waals surface area contributed by atoms with Gasteiger partial charge in [-0.1, -0.05) is 0 Å². The minimum atomic E-state index is -0.520. The third kappa shape index (κ3) is 1.68. The zero-order chi connectivity index (χ0) is 8.43. The molecule has 0 aliphatic heterocycles. The van der Waals surface area contributed by atoms with Crippen LogP contribution in [0.3, 0.4) is 0 Å². The van der Waals surface area contributed by atoms with Gasteiger partial charge in [0.1, 0.15) is 11.6 Å². The van der Waals surface area contributed by atoms with Gasteiger partial charge in [-0.25, -0.2) is 4.39 Å². The molecule has 1 aromatic carbocycles. The molecule has 0 aromatic heterocycles. The summed E-state index contributed by atoms with van der Waals surface area (Å²) in [5.74, 6) is -0.841. The van der Waals surface area contributed by atoms with Crippen LogP contribution >= 0.6 is 22.6 Å². The van der Waals surface area contributed by atoms with Crippen LogP contribution in [0.2, 0.25) is 0 Å². The van der Waals surface area contributed by atoms with E-state index in [9.17, 15) is 9.18 Å². The fraction of sp³-hybridized carbons (Fsp3) is 0. The normalized spacial score (nSPS) is 9.64. The van der Waals surface area contributed by atoms with Crippen molar-refractivity contribution in [2.75, 3.05) is 0 Å². The van der Waals surface area contributed by atoms with Gasteiger partial charge in [0.2, 0.25) is 0 Å². The summed E-state index contributed by atoms with van der Waals surface area (Å²) in [5, 5.41) is 8.94. The van der Waals surface area contributed by atoms with E-state index in [0.29, 0.717) is 9.86 Å². The maximum atomic E-state index is 12.6. The monoisotopic (exact) mass is 266 g/mol. The quantitative estimate of drug-likeness (QED) is 0.623. The van der Waals surface area contributed by atoms with E-state index in [1.54, 1.807) is 22.6 Å². The minimum Gasteiger partial charge on any atom is -0.507 e. The fourth-order valence-electron chi connectivity index (χ4n) is 0.646. The van der Waals surface area contributed by atoms with Gasteiger partial charge < -0.3 is 5.11 Å². The molecule has 0 aliphatic rings.